The van der Waals surface area contributed by atoms with Gasteiger partial charge in [-0.25, -0.2) is 4.79 Å². The molecule has 0 amide bonds. The monoisotopic (exact) mass is 396 g/mol. The van der Waals surface area contributed by atoms with Crippen LogP contribution >= 0.6 is 0 Å². The largest absolute Gasteiger partial charge is 0.461 e. The molecule has 0 radical (unpaired) electrons. The van der Waals surface area contributed by atoms with Crippen molar-refractivity contribution in [1.29, 1.82) is 0 Å². The molecule has 1 aliphatic rings. The quantitative estimate of drug-likeness (QED) is 0.438. The lowest BCUT2D eigenvalue weighted by Crippen LogP contribution is -2.39. The van der Waals surface area contributed by atoms with Crippen LogP contribution in [0.25, 0.3) is 0 Å². The molecular weight excluding hydrogens is 356 g/mol. The predicted octanol–water partition coefficient (Wildman–Crippen LogP) is 4.38. The summed E-state index contributed by atoms with van der Waals surface area (Å²) < 4.78 is 10.9. The number of hydrogen-bond acceptors (Lipinski definition) is 5. The molecule has 5 heteroatoms. The number of aliphatic hydroxyl groups excluding tert-OH is 1. The zero-order chi connectivity index (χ0) is 21.6. The summed E-state index contributed by atoms with van der Waals surface area (Å²) in [7, 11) is 0. The lowest BCUT2D eigenvalue weighted by atomic mass is 9.83. The number of rotatable bonds is 10. The third kappa shape index (κ3) is 6.61. The lowest BCUT2D eigenvalue weighted by Gasteiger charge is -2.27. The molecule has 0 aromatic heterocycles. The van der Waals surface area contributed by atoms with Crippen LogP contribution in [0.2, 0.25) is 0 Å². The standard InChI is InChI=1S/C23H40O5/c1-14(2)19(15(3)4)9-18-11-23(12-24,28-22(18)26)13-27-21(25)10-20(16(5)6)17(7)8/h9,14-17,19-20,24H,10-13H2,1-8H3/b18-9-. The van der Waals surface area contributed by atoms with Crippen LogP contribution in [0.1, 0.15) is 68.2 Å². The van der Waals surface area contributed by atoms with E-state index >= 15 is 0 Å². The first-order valence-electron chi connectivity index (χ1n) is 10.6. The van der Waals surface area contributed by atoms with Crippen LogP contribution in [-0.2, 0) is 19.1 Å². The molecule has 0 aliphatic carbocycles. The number of ether oxygens (including phenoxy) is 2. The highest BCUT2D eigenvalue weighted by molar-refractivity contribution is 5.91. The Hall–Kier alpha value is -1.36. The van der Waals surface area contributed by atoms with E-state index in [9.17, 15) is 14.7 Å². The number of esters is 2. The number of carbonyl (C=O) groups is 2. The highest BCUT2D eigenvalue weighted by Gasteiger charge is 2.45. The van der Waals surface area contributed by atoms with Crippen LogP contribution in [0, 0.1) is 35.5 Å². The van der Waals surface area contributed by atoms with Crippen molar-refractivity contribution in [2.24, 2.45) is 35.5 Å². The van der Waals surface area contributed by atoms with Gasteiger partial charge < -0.3 is 14.6 Å². The zero-order valence-electron chi connectivity index (χ0n) is 19.0. The molecular formula is C23H40O5. The Bertz CT molecular complexity index is 545. The van der Waals surface area contributed by atoms with Gasteiger partial charge in [0.1, 0.15) is 6.61 Å². The number of aliphatic hydroxyl groups is 1. The van der Waals surface area contributed by atoms with Gasteiger partial charge in [0.2, 0.25) is 0 Å². The van der Waals surface area contributed by atoms with Gasteiger partial charge in [-0.2, -0.15) is 0 Å². The number of carbonyl (C=O) groups excluding carboxylic acids is 2. The van der Waals surface area contributed by atoms with Crippen molar-refractivity contribution in [3.05, 3.63) is 11.6 Å². The third-order valence-electron chi connectivity index (χ3n) is 5.92. The molecule has 1 saturated heterocycles. The maximum absolute atomic E-state index is 12.4. The van der Waals surface area contributed by atoms with E-state index < -0.39 is 11.6 Å². The second kappa shape index (κ2) is 10.4. The van der Waals surface area contributed by atoms with Gasteiger partial charge in [-0.05, 0) is 35.5 Å². The Labute approximate surface area is 170 Å². The summed E-state index contributed by atoms with van der Waals surface area (Å²) in [6.07, 6.45) is 2.57. The minimum Gasteiger partial charge on any atom is -0.461 e. The molecule has 0 aromatic carbocycles. The number of hydrogen-bond donors (Lipinski definition) is 1. The molecule has 5 nitrogen and oxygen atoms in total. The van der Waals surface area contributed by atoms with Crippen molar-refractivity contribution in [2.45, 2.75) is 73.8 Å². The van der Waals surface area contributed by atoms with Crippen LogP contribution < -0.4 is 0 Å². The summed E-state index contributed by atoms with van der Waals surface area (Å²) in [5, 5.41) is 9.88. The topological polar surface area (TPSA) is 72.8 Å². The molecule has 1 unspecified atom stereocenters. The first-order valence-corrected chi connectivity index (χ1v) is 10.6. The van der Waals surface area contributed by atoms with Gasteiger partial charge in [0.05, 0.1) is 6.61 Å². The first kappa shape index (κ1) is 24.7. The van der Waals surface area contributed by atoms with Gasteiger partial charge >= 0.3 is 11.9 Å². The average Bonchev–Trinajstić information content (AvgIpc) is 2.91. The van der Waals surface area contributed by atoms with Crippen molar-refractivity contribution in [3.8, 4) is 0 Å². The molecule has 1 atom stereocenters. The molecule has 0 spiro atoms. The van der Waals surface area contributed by atoms with Crippen molar-refractivity contribution in [1.82, 2.24) is 0 Å². The molecule has 1 fully saturated rings. The second-order valence-corrected chi connectivity index (χ2v) is 9.68. The molecule has 1 N–H and O–H groups in total. The van der Waals surface area contributed by atoms with E-state index in [-0.39, 0.29) is 37.4 Å². The maximum Gasteiger partial charge on any atom is 0.334 e. The van der Waals surface area contributed by atoms with E-state index in [4.69, 9.17) is 9.47 Å². The van der Waals surface area contributed by atoms with E-state index in [1.165, 1.54) is 0 Å². The minimum absolute atomic E-state index is 0.109. The predicted molar refractivity (Wildman–Crippen MR) is 111 cm³/mol. The fourth-order valence-electron chi connectivity index (χ4n) is 4.15. The first-order chi connectivity index (χ1) is 12.9. The summed E-state index contributed by atoms with van der Waals surface area (Å²) in [4.78, 5) is 24.7. The minimum atomic E-state index is -1.16. The SMILES string of the molecule is CC(C)C(/C=C1/CC(CO)(COC(=O)CC(C(C)C)C(C)C)OC1=O)C(C)C. The molecule has 0 aromatic rings. The molecule has 28 heavy (non-hydrogen) atoms. The smallest absolute Gasteiger partial charge is 0.334 e. The molecule has 162 valence electrons. The summed E-state index contributed by atoms with van der Waals surface area (Å²) >= 11 is 0. The number of allylic oxidation sites excluding steroid dienone is 1. The fraction of sp³-hybridized carbons (Fsp3) is 0.826. The van der Waals surface area contributed by atoms with E-state index in [1.54, 1.807) is 0 Å². The van der Waals surface area contributed by atoms with Gasteiger partial charge in [0, 0.05) is 18.4 Å². The van der Waals surface area contributed by atoms with Gasteiger partial charge in [-0.1, -0.05) is 61.5 Å². The van der Waals surface area contributed by atoms with Crippen LogP contribution in [0.3, 0.4) is 0 Å². The highest BCUT2D eigenvalue weighted by Crippen LogP contribution is 2.34. The second-order valence-electron chi connectivity index (χ2n) is 9.68. The van der Waals surface area contributed by atoms with E-state index in [0.29, 0.717) is 35.7 Å². The van der Waals surface area contributed by atoms with E-state index in [1.807, 2.05) is 6.08 Å². The van der Waals surface area contributed by atoms with Crippen LogP contribution in [0.15, 0.2) is 11.6 Å². The van der Waals surface area contributed by atoms with Crippen molar-refractivity contribution < 1.29 is 24.2 Å². The summed E-state index contributed by atoms with van der Waals surface area (Å²) in [5.41, 5.74) is -0.595. The van der Waals surface area contributed by atoms with Gasteiger partial charge in [0.25, 0.3) is 0 Å². The summed E-state index contributed by atoms with van der Waals surface area (Å²) in [6, 6.07) is 0. The van der Waals surface area contributed by atoms with Crippen molar-refractivity contribution in [2.75, 3.05) is 13.2 Å². The molecule has 1 heterocycles. The average molecular weight is 397 g/mol. The van der Waals surface area contributed by atoms with Crippen LogP contribution in [0.4, 0.5) is 0 Å². The van der Waals surface area contributed by atoms with Gasteiger partial charge in [-0.15, -0.1) is 0 Å². The zero-order valence-corrected chi connectivity index (χ0v) is 19.0. The maximum atomic E-state index is 12.4. The number of cyclic esters (lactones) is 1. The van der Waals surface area contributed by atoms with E-state index in [0.717, 1.165) is 0 Å². The normalized spacial score (nSPS) is 21.8. The Morgan fingerprint density at radius 1 is 1.07 bits per heavy atom. The molecule has 0 saturated carbocycles. The Morgan fingerprint density at radius 3 is 2.04 bits per heavy atom. The van der Waals surface area contributed by atoms with Crippen molar-refractivity contribution in [3.63, 3.8) is 0 Å². The Morgan fingerprint density at radius 2 is 1.61 bits per heavy atom. The van der Waals surface area contributed by atoms with Gasteiger partial charge in [-0.3, -0.25) is 4.79 Å². The Balaban J connectivity index is 2.81. The fourth-order valence-corrected chi connectivity index (χ4v) is 4.15. The molecule has 0 bridgehead atoms. The summed E-state index contributed by atoms with van der Waals surface area (Å²) in [5.74, 6) is 1.30. The Kier molecular flexibility index (Phi) is 9.19. The summed E-state index contributed by atoms with van der Waals surface area (Å²) in [6.45, 7) is 16.4. The van der Waals surface area contributed by atoms with Crippen LogP contribution in [0.5, 0.6) is 0 Å². The molecule has 1 aliphatic heterocycles. The third-order valence-corrected chi connectivity index (χ3v) is 5.92. The highest BCUT2D eigenvalue weighted by atomic mass is 16.6. The van der Waals surface area contributed by atoms with E-state index in [2.05, 4.69) is 55.4 Å². The van der Waals surface area contributed by atoms with Gasteiger partial charge in [0.15, 0.2) is 5.60 Å². The molecule has 1 rings (SSSR count). The lowest BCUT2D eigenvalue weighted by molar-refractivity contribution is -0.167. The van der Waals surface area contributed by atoms with Crippen molar-refractivity contribution >= 4 is 11.9 Å². The van der Waals surface area contributed by atoms with Crippen LogP contribution in [-0.4, -0.2) is 35.9 Å².